The maximum Gasteiger partial charge on any atom is 0.242 e. The van der Waals surface area contributed by atoms with Crippen LogP contribution in [0, 0.1) is 5.92 Å². The second kappa shape index (κ2) is 3.91. The van der Waals surface area contributed by atoms with Gasteiger partial charge in [-0.15, -0.1) is 0 Å². The third-order valence-corrected chi connectivity index (χ3v) is 2.19. The van der Waals surface area contributed by atoms with Gasteiger partial charge >= 0.3 is 0 Å². The number of nitrogens with two attached hydrogens (primary N) is 1. The van der Waals surface area contributed by atoms with Crippen molar-refractivity contribution in [3.63, 3.8) is 0 Å². The Morgan fingerprint density at radius 1 is 1.69 bits per heavy atom. The SMILES string of the molecule is CC(C)C(C(N)=O)n1cc(Br)cn1. The molecule has 1 atom stereocenters. The van der Waals surface area contributed by atoms with E-state index in [4.69, 9.17) is 5.73 Å². The van der Waals surface area contributed by atoms with Crippen molar-refractivity contribution in [3.8, 4) is 0 Å². The van der Waals surface area contributed by atoms with Crippen molar-refractivity contribution in [2.75, 3.05) is 0 Å². The van der Waals surface area contributed by atoms with Gasteiger partial charge in [0.05, 0.1) is 10.7 Å². The molecule has 5 heteroatoms. The van der Waals surface area contributed by atoms with Crippen LogP contribution < -0.4 is 5.73 Å². The topological polar surface area (TPSA) is 60.9 Å². The van der Waals surface area contributed by atoms with Gasteiger partial charge in [0.1, 0.15) is 6.04 Å². The number of aromatic nitrogens is 2. The molecule has 0 saturated carbocycles. The molecule has 0 aliphatic carbocycles. The first-order valence-electron chi connectivity index (χ1n) is 4.01. The van der Waals surface area contributed by atoms with Gasteiger partial charge in [-0.2, -0.15) is 5.10 Å². The summed E-state index contributed by atoms with van der Waals surface area (Å²) < 4.78 is 2.43. The lowest BCUT2D eigenvalue weighted by Crippen LogP contribution is -2.30. The Balaban J connectivity index is 2.95. The van der Waals surface area contributed by atoms with Gasteiger partial charge in [0, 0.05) is 6.20 Å². The first-order valence-corrected chi connectivity index (χ1v) is 4.80. The summed E-state index contributed by atoms with van der Waals surface area (Å²) in [5, 5.41) is 4.03. The van der Waals surface area contributed by atoms with Gasteiger partial charge in [0.25, 0.3) is 0 Å². The second-order valence-electron chi connectivity index (χ2n) is 3.23. The average molecular weight is 246 g/mol. The Labute approximate surface area is 85.2 Å². The Bertz CT molecular complexity index is 308. The fourth-order valence-corrected chi connectivity index (χ4v) is 1.53. The quantitative estimate of drug-likeness (QED) is 0.874. The Kier molecular flexibility index (Phi) is 3.08. The van der Waals surface area contributed by atoms with Crippen LogP contribution in [0.25, 0.3) is 0 Å². The second-order valence-corrected chi connectivity index (χ2v) is 4.15. The Morgan fingerprint density at radius 3 is 2.62 bits per heavy atom. The standard InChI is InChI=1S/C8H12BrN3O/c1-5(2)7(8(10)13)12-4-6(9)3-11-12/h3-5,7H,1-2H3,(H2,10,13). The Hall–Kier alpha value is -0.840. The molecule has 1 aromatic heterocycles. The van der Waals surface area contributed by atoms with E-state index in [1.165, 1.54) is 0 Å². The van der Waals surface area contributed by atoms with E-state index < -0.39 is 0 Å². The number of hydrogen-bond acceptors (Lipinski definition) is 2. The first kappa shape index (κ1) is 10.2. The van der Waals surface area contributed by atoms with Gasteiger partial charge in [-0.25, -0.2) is 0 Å². The van der Waals surface area contributed by atoms with Crippen LogP contribution in [0.3, 0.4) is 0 Å². The van der Waals surface area contributed by atoms with E-state index in [0.29, 0.717) is 0 Å². The van der Waals surface area contributed by atoms with Gasteiger partial charge in [0.2, 0.25) is 5.91 Å². The van der Waals surface area contributed by atoms with E-state index in [0.717, 1.165) is 4.47 Å². The molecule has 13 heavy (non-hydrogen) atoms. The van der Waals surface area contributed by atoms with Crippen LogP contribution in [0.2, 0.25) is 0 Å². The molecule has 0 radical (unpaired) electrons. The molecule has 4 nitrogen and oxygen atoms in total. The van der Waals surface area contributed by atoms with E-state index >= 15 is 0 Å². The highest BCUT2D eigenvalue weighted by molar-refractivity contribution is 9.10. The minimum atomic E-state index is -0.369. The smallest absolute Gasteiger partial charge is 0.242 e. The molecule has 2 N–H and O–H groups in total. The van der Waals surface area contributed by atoms with E-state index in [1.54, 1.807) is 17.1 Å². The summed E-state index contributed by atoms with van der Waals surface area (Å²) >= 11 is 3.26. The van der Waals surface area contributed by atoms with Crippen molar-refractivity contribution in [3.05, 3.63) is 16.9 Å². The van der Waals surface area contributed by atoms with Crippen LogP contribution in [-0.2, 0) is 4.79 Å². The van der Waals surface area contributed by atoms with Crippen LogP contribution in [0.5, 0.6) is 0 Å². The van der Waals surface area contributed by atoms with Crippen molar-refractivity contribution in [1.82, 2.24) is 9.78 Å². The number of rotatable bonds is 3. The van der Waals surface area contributed by atoms with Gasteiger partial charge in [-0.3, -0.25) is 9.48 Å². The number of primary amides is 1. The van der Waals surface area contributed by atoms with E-state index in [-0.39, 0.29) is 17.9 Å². The summed E-state index contributed by atoms with van der Waals surface area (Å²) in [7, 11) is 0. The number of halogens is 1. The van der Waals surface area contributed by atoms with Crippen LogP contribution in [-0.4, -0.2) is 15.7 Å². The molecule has 1 heterocycles. The zero-order valence-corrected chi connectivity index (χ0v) is 9.15. The molecule has 0 saturated heterocycles. The number of carbonyl (C=O) groups excluding carboxylic acids is 1. The van der Waals surface area contributed by atoms with E-state index in [1.807, 2.05) is 13.8 Å². The fraction of sp³-hybridized carbons (Fsp3) is 0.500. The molecule has 1 rings (SSSR count). The molecule has 72 valence electrons. The number of nitrogens with zero attached hydrogens (tertiary/aromatic N) is 2. The van der Waals surface area contributed by atoms with Crippen molar-refractivity contribution in [2.45, 2.75) is 19.9 Å². The lowest BCUT2D eigenvalue weighted by atomic mass is 10.0. The molecule has 0 bridgehead atoms. The number of hydrogen-bond donors (Lipinski definition) is 1. The highest BCUT2D eigenvalue weighted by Gasteiger charge is 2.21. The zero-order chi connectivity index (χ0) is 10.0. The summed E-state index contributed by atoms with van der Waals surface area (Å²) in [5.74, 6) is -0.213. The van der Waals surface area contributed by atoms with Gasteiger partial charge in [-0.05, 0) is 21.8 Å². The lowest BCUT2D eigenvalue weighted by molar-refractivity contribution is -0.122. The molecule has 1 aromatic rings. The molecule has 0 spiro atoms. The minimum absolute atomic E-state index is 0.143. The molecule has 0 aliphatic rings. The molecule has 0 aromatic carbocycles. The lowest BCUT2D eigenvalue weighted by Gasteiger charge is -2.17. The van der Waals surface area contributed by atoms with Gasteiger partial charge < -0.3 is 5.73 Å². The highest BCUT2D eigenvalue weighted by Crippen LogP contribution is 2.18. The third-order valence-electron chi connectivity index (χ3n) is 1.78. The predicted octanol–water partition coefficient (Wildman–Crippen LogP) is 1.33. The van der Waals surface area contributed by atoms with Gasteiger partial charge in [0.15, 0.2) is 0 Å². The monoisotopic (exact) mass is 245 g/mol. The van der Waals surface area contributed by atoms with Crippen molar-refractivity contribution >= 4 is 21.8 Å². The van der Waals surface area contributed by atoms with E-state index in [2.05, 4.69) is 21.0 Å². The van der Waals surface area contributed by atoms with Gasteiger partial charge in [-0.1, -0.05) is 13.8 Å². The molecular formula is C8H12BrN3O. The summed E-state index contributed by atoms with van der Waals surface area (Å²) in [6.07, 6.45) is 3.38. The van der Waals surface area contributed by atoms with Crippen molar-refractivity contribution in [1.29, 1.82) is 0 Å². The fourth-order valence-electron chi connectivity index (χ4n) is 1.23. The van der Waals surface area contributed by atoms with Crippen molar-refractivity contribution < 1.29 is 4.79 Å². The minimum Gasteiger partial charge on any atom is -0.368 e. The van der Waals surface area contributed by atoms with Crippen LogP contribution in [0.1, 0.15) is 19.9 Å². The van der Waals surface area contributed by atoms with Crippen molar-refractivity contribution in [2.24, 2.45) is 11.7 Å². The zero-order valence-electron chi connectivity index (χ0n) is 7.57. The molecule has 0 aliphatic heterocycles. The largest absolute Gasteiger partial charge is 0.368 e. The predicted molar refractivity (Wildman–Crippen MR) is 53.0 cm³/mol. The third kappa shape index (κ3) is 2.30. The van der Waals surface area contributed by atoms with Crippen LogP contribution >= 0.6 is 15.9 Å². The molecular weight excluding hydrogens is 234 g/mol. The summed E-state index contributed by atoms with van der Waals surface area (Å²) in [5.41, 5.74) is 5.26. The molecule has 0 fully saturated rings. The average Bonchev–Trinajstić information content (AvgIpc) is 2.34. The van der Waals surface area contributed by atoms with E-state index in [9.17, 15) is 4.79 Å². The molecule has 1 amide bonds. The van der Waals surface area contributed by atoms with Crippen LogP contribution in [0.15, 0.2) is 16.9 Å². The first-order chi connectivity index (χ1) is 6.02. The number of carbonyl (C=O) groups is 1. The summed E-state index contributed by atoms with van der Waals surface area (Å²) in [6, 6.07) is -0.369. The number of amides is 1. The normalized spacial score (nSPS) is 13.2. The summed E-state index contributed by atoms with van der Waals surface area (Å²) in [4.78, 5) is 11.1. The van der Waals surface area contributed by atoms with Crippen LogP contribution in [0.4, 0.5) is 0 Å². The maximum absolute atomic E-state index is 11.1. The Morgan fingerprint density at radius 2 is 2.31 bits per heavy atom. The highest BCUT2D eigenvalue weighted by atomic mass is 79.9. The molecule has 1 unspecified atom stereocenters. The maximum atomic E-state index is 11.1. The summed E-state index contributed by atoms with van der Waals surface area (Å²) in [6.45, 7) is 3.87.